The van der Waals surface area contributed by atoms with Crippen LogP contribution < -0.4 is 5.32 Å². The van der Waals surface area contributed by atoms with Gasteiger partial charge in [-0.15, -0.1) is 0 Å². The Kier molecular flexibility index (Phi) is 4.80. The van der Waals surface area contributed by atoms with E-state index in [2.05, 4.69) is 19.2 Å². The van der Waals surface area contributed by atoms with E-state index in [4.69, 9.17) is 4.74 Å². The summed E-state index contributed by atoms with van der Waals surface area (Å²) in [6, 6.07) is 0.0421. The molecule has 1 rings (SSSR count). The van der Waals surface area contributed by atoms with Crippen molar-refractivity contribution in [1.82, 2.24) is 10.2 Å². The highest BCUT2D eigenvalue weighted by Gasteiger charge is 2.25. The highest BCUT2D eigenvalue weighted by molar-refractivity contribution is 5.75. The van der Waals surface area contributed by atoms with Crippen molar-refractivity contribution in [1.29, 1.82) is 0 Å². The van der Waals surface area contributed by atoms with Crippen molar-refractivity contribution >= 4 is 6.03 Å². The number of nitrogens with one attached hydrogen (secondary N) is 1. The Balaban J connectivity index is 2.34. The van der Waals surface area contributed by atoms with Crippen molar-refractivity contribution in [3.8, 4) is 0 Å². The summed E-state index contributed by atoms with van der Waals surface area (Å²) in [5.74, 6) is 0. The lowest BCUT2D eigenvalue weighted by Gasteiger charge is -2.34. The Hall–Kier alpha value is -0.770. The molecule has 0 aromatic carbocycles. The van der Waals surface area contributed by atoms with Gasteiger partial charge in [-0.1, -0.05) is 0 Å². The maximum absolute atomic E-state index is 11.9. The third-order valence-electron chi connectivity index (χ3n) is 2.68. The minimum atomic E-state index is -0.164. The average molecular weight is 242 g/mol. The summed E-state index contributed by atoms with van der Waals surface area (Å²) >= 11 is 0. The first-order valence-electron chi connectivity index (χ1n) is 6.50. The highest BCUT2D eigenvalue weighted by atomic mass is 16.5. The molecule has 0 aromatic heterocycles. The van der Waals surface area contributed by atoms with Crippen molar-refractivity contribution in [2.45, 2.75) is 65.2 Å². The van der Waals surface area contributed by atoms with E-state index in [1.165, 1.54) is 0 Å². The molecule has 1 fully saturated rings. The summed E-state index contributed by atoms with van der Waals surface area (Å²) in [5, 5.41) is 2.99. The van der Waals surface area contributed by atoms with Gasteiger partial charge in [0.05, 0.1) is 12.2 Å². The number of urea groups is 1. The van der Waals surface area contributed by atoms with E-state index in [1.54, 1.807) is 0 Å². The van der Waals surface area contributed by atoms with E-state index in [-0.39, 0.29) is 17.7 Å². The Morgan fingerprint density at radius 3 is 2.24 bits per heavy atom. The fraction of sp³-hybridized carbons (Fsp3) is 0.923. The van der Waals surface area contributed by atoms with Gasteiger partial charge in [0.1, 0.15) is 0 Å². The van der Waals surface area contributed by atoms with Gasteiger partial charge < -0.3 is 15.0 Å². The molecule has 0 radical (unpaired) electrons. The Morgan fingerprint density at radius 2 is 1.82 bits per heavy atom. The molecule has 0 unspecified atom stereocenters. The molecule has 2 amide bonds. The zero-order valence-corrected chi connectivity index (χ0v) is 11.7. The maximum atomic E-state index is 11.9. The summed E-state index contributed by atoms with van der Waals surface area (Å²) in [4.78, 5) is 13.8. The number of carbonyl (C=O) groups is 1. The minimum Gasteiger partial charge on any atom is -0.375 e. The van der Waals surface area contributed by atoms with Gasteiger partial charge in [-0.25, -0.2) is 4.79 Å². The van der Waals surface area contributed by atoms with Crippen molar-refractivity contribution < 1.29 is 9.53 Å². The van der Waals surface area contributed by atoms with Gasteiger partial charge in [0.25, 0.3) is 0 Å². The molecule has 1 aliphatic heterocycles. The quantitative estimate of drug-likeness (QED) is 0.807. The smallest absolute Gasteiger partial charge is 0.317 e. The number of piperidine rings is 1. The van der Waals surface area contributed by atoms with E-state index in [0.29, 0.717) is 6.10 Å². The zero-order valence-electron chi connectivity index (χ0n) is 11.7. The normalized spacial score (nSPS) is 18.6. The first-order valence-corrected chi connectivity index (χ1v) is 6.50. The lowest BCUT2D eigenvalue weighted by Crippen LogP contribution is -2.51. The molecule has 4 heteroatoms. The number of amides is 2. The molecular weight excluding hydrogens is 216 g/mol. The fourth-order valence-corrected chi connectivity index (χ4v) is 1.98. The molecule has 0 aliphatic carbocycles. The third-order valence-corrected chi connectivity index (χ3v) is 2.68. The summed E-state index contributed by atoms with van der Waals surface area (Å²) in [6.45, 7) is 11.7. The van der Waals surface area contributed by atoms with Gasteiger partial charge in [-0.05, 0) is 47.5 Å². The molecule has 0 atom stereocenters. The van der Waals surface area contributed by atoms with Gasteiger partial charge in [0.2, 0.25) is 0 Å². The van der Waals surface area contributed by atoms with Gasteiger partial charge in [0.15, 0.2) is 0 Å². The summed E-state index contributed by atoms with van der Waals surface area (Å²) < 4.78 is 5.76. The maximum Gasteiger partial charge on any atom is 0.317 e. The third kappa shape index (κ3) is 5.39. The van der Waals surface area contributed by atoms with Crippen LogP contribution in [0.25, 0.3) is 0 Å². The van der Waals surface area contributed by atoms with E-state index >= 15 is 0 Å². The van der Waals surface area contributed by atoms with Crippen LogP contribution in [0.5, 0.6) is 0 Å². The molecule has 0 bridgehead atoms. The van der Waals surface area contributed by atoms with Gasteiger partial charge >= 0.3 is 6.03 Å². The number of carbonyl (C=O) groups excluding carboxylic acids is 1. The molecule has 1 N–H and O–H groups in total. The van der Waals surface area contributed by atoms with Crippen LogP contribution in [0.15, 0.2) is 0 Å². The van der Waals surface area contributed by atoms with Crippen molar-refractivity contribution in [3.63, 3.8) is 0 Å². The fourth-order valence-electron chi connectivity index (χ4n) is 1.98. The van der Waals surface area contributed by atoms with E-state index in [0.717, 1.165) is 25.9 Å². The second kappa shape index (κ2) is 5.71. The van der Waals surface area contributed by atoms with Gasteiger partial charge in [-0.2, -0.15) is 0 Å². The second-order valence-corrected chi connectivity index (χ2v) is 6.05. The largest absolute Gasteiger partial charge is 0.375 e. The molecule has 4 nitrogen and oxygen atoms in total. The summed E-state index contributed by atoms with van der Waals surface area (Å²) in [6.07, 6.45) is 2.47. The first kappa shape index (κ1) is 14.3. The minimum absolute atomic E-state index is 0.0421. The van der Waals surface area contributed by atoms with Crippen LogP contribution in [-0.4, -0.2) is 41.8 Å². The lowest BCUT2D eigenvalue weighted by molar-refractivity contribution is -0.0212. The van der Waals surface area contributed by atoms with E-state index < -0.39 is 0 Å². The van der Waals surface area contributed by atoms with Crippen LogP contribution in [0.3, 0.4) is 0 Å². The van der Waals surface area contributed by atoms with Crippen LogP contribution in [0.2, 0.25) is 0 Å². The lowest BCUT2D eigenvalue weighted by atomic mass is 10.1. The molecule has 100 valence electrons. The second-order valence-electron chi connectivity index (χ2n) is 6.05. The molecule has 1 heterocycles. The predicted octanol–water partition coefficient (Wildman–Crippen LogP) is 2.38. The number of rotatable bonds is 2. The molecular formula is C13H26N2O2. The van der Waals surface area contributed by atoms with Crippen molar-refractivity contribution in [2.75, 3.05) is 13.1 Å². The standard InChI is InChI=1S/C13H26N2O2/c1-10(2)17-11-6-8-15(9-7-11)12(16)14-13(3,4)5/h10-11H,6-9H2,1-5H3,(H,14,16). The predicted molar refractivity (Wildman–Crippen MR) is 69.1 cm³/mol. The Labute approximate surface area is 105 Å². The number of nitrogens with zero attached hydrogens (tertiary/aromatic N) is 1. The Bertz CT molecular complexity index is 251. The zero-order chi connectivity index (χ0) is 13.1. The monoisotopic (exact) mass is 242 g/mol. The molecule has 1 aliphatic rings. The van der Waals surface area contributed by atoms with Crippen molar-refractivity contribution in [3.05, 3.63) is 0 Å². The number of hydrogen-bond acceptors (Lipinski definition) is 2. The van der Waals surface area contributed by atoms with Gasteiger partial charge in [-0.3, -0.25) is 0 Å². The highest BCUT2D eigenvalue weighted by Crippen LogP contribution is 2.16. The van der Waals surface area contributed by atoms with Crippen LogP contribution >= 0.6 is 0 Å². The molecule has 0 aromatic rings. The molecule has 0 spiro atoms. The van der Waals surface area contributed by atoms with Crippen LogP contribution in [0.1, 0.15) is 47.5 Å². The van der Waals surface area contributed by atoms with Crippen LogP contribution in [0.4, 0.5) is 4.79 Å². The number of likely N-dealkylation sites (tertiary alicyclic amines) is 1. The SMILES string of the molecule is CC(C)OC1CCN(C(=O)NC(C)(C)C)CC1. The molecule has 1 saturated heterocycles. The van der Waals surface area contributed by atoms with Gasteiger partial charge in [0, 0.05) is 18.6 Å². The van der Waals surface area contributed by atoms with Crippen LogP contribution in [-0.2, 0) is 4.74 Å². The summed E-state index contributed by atoms with van der Waals surface area (Å²) in [7, 11) is 0. The van der Waals surface area contributed by atoms with Crippen molar-refractivity contribution in [2.24, 2.45) is 0 Å². The average Bonchev–Trinajstić information content (AvgIpc) is 2.15. The van der Waals surface area contributed by atoms with Crippen LogP contribution in [0, 0.1) is 0 Å². The topological polar surface area (TPSA) is 41.6 Å². The molecule has 17 heavy (non-hydrogen) atoms. The van der Waals surface area contributed by atoms with E-state index in [9.17, 15) is 4.79 Å². The Morgan fingerprint density at radius 1 is 1.29 bits per heavy atom. The summed E-state index contributed by atoms with van der Waals surface area (Å²) in [5.41, 5.74) is -0.164. The number of ether oxygens (including phenoxy) is 1. The first-order chi connectivity index (χ1) is 7.78. The van der Waals surface area contributed by atoms with E-state index in [1.807, 2.05) is 25.7 Å². The number of hydrogen-bond donors (Lipinski definition) is 1. The molecule has 0 saturated carbocycles.